The third-order valence-electron chi connectivity index (χ3n) is 4.61. The molecule has 27 heavy (non-hydrogen) atoms. The van der Waals surface area contributed by atoms with Crippen molar-refractivity contribution in [2.75, 3.05) is 11.1 Å². The molecule has 8 heteroatoms. The highest BCUT2D eigenvalue weighted by atomic mass is 32.1. The Bertz CT molecular complexity index is 1170. The number of rotatable bonds is 3. The number of nitrogens with two attached hydrogens (primary N) is 1. The Hall–Kier alpha value is -2.84. The normalized spacial score (nSPS) is 13.0. The fourth-order valence-electron chi connectivity index (χ4n) is 3.28. The molecule has 0 bridgehead atoms. The molecule has 0 aromatic carbocycles. The minimum absolute atomic E-state index is 0.252. The Balaban J connectivity index is 1.43. The largest absolute Gasteiger partial charge is 0.397 e. The number of nitrogens with zero attached hydrogens (tertiary/aromatic N) is 3. The molecule has 0 fully saturated rings. The van der Waals surface area contributed by atoms with Crippen LogP contribution in [0.5, 0.6) is 0 Å². The van der Waals surface area contributed by atoms with E-state index in [1.165, 1.54) is 28.2 Å². The van der Waals surface area contributed by atoms with Gasteiger partial charge in [-0.2, -0.15) is 0 Å². The fourth-order valence-corrected chi connectivity index (χ4v) is 4.97. The quantitative estimate of drug-likeness (QED) is 0.546. The minimum Gasteiger partial charge on any atom is -0.397 e. The molecule has 134 valence electrons. The molecule has 3 N–H and O–H groups in total. The van der Waals surface area contributed by atoms with Crippen LogP contribution in [-0.2, 0) is 12.8 Å². The maximum atomic E-state index is 12.7. The Morgan fingerprint density at radius 2 is 2.11 bits per heavy atom. The van der Waals surface area contributed by atoms with Crippen molar-refractivity contribution < 1.29 is 4.79 Å². The van der Waals surface area contributed by atoms with Gasteiger partial charge in [-0.3, -0.25) is 15.1 Å². The number of hydrogen-bond donors (Lipinski definition) is 2. The molecule has 4 aromatic rings. The van der Waals surface area contributed by atoms with Crippen molar-refractivity contribution in [3.05, 3.63) is 52.0 Å². The molecule has 0 spiro atoms. The molecule has 4 aromatic heterocycles. The van der Waals surface area contributed by atoms with E-state index in [0.29, 0.717) is 15.7 Å². The first-order chi connectivity index (χ1) is 13.2. The lowest BCUT2D eigenvalue weighted by Crippen LogP contribution is -2.11. The molecule has 1 aliphatic carbocycles. The van der Waals surface area contributed by atoms with Crippen LogP contribution in [0.2, 0.25) is 0 Å². The number of nitrogens with one attached hydrogen (secondary N) is 1. The number of hydrogen-bond acceptors (Lipinski definition) is 7. The van der Waals surface area contributed by atoms with Crippen LogP contribution in [0, 0.1) is 0 Å². The summed E-state index contributed by atoms with van der Waals surface area (Å²) >= 11 is 2.70. The number of aryl methyl sites for hydroxylation is 2. The van der Waals surface area contributed by atoms with Crippen molar-refractivity contribution in [1.82, 2.24) is 15.0 Å². The van der Waals surface area contributed by atoms with Crippen LogP contribution in [-0.4, -0.2) is 20.9 Å². The number of amides is 1. The smallest absolute Gasteiger partial charge is 0.269 e. The van der Waals surface area contributed by atoms with Crippen LogP contribution in [0.25, 0.3) is 21.6 Å². The van der Waals surface area contributed by atoms with E-state index in [2.05, 4.69) is 21.4 Å². The zero-order valence-corrected chi connectivity index (χ0v) is 15.9. The second-order valence-electron chi connectivity index (χ2n) is 6.35. The molecule has 0 saturated carbocycles. The summed E-state index contributed by atoms with van der Waals surface area (Å²) in [6.07, 6.45) is 4.88. The maximum absolute atomic E-state index is 12.7. The van der Waals surface area contributed by atoms with Gasteiger partial charge in [0.1, 0.15) is 15.4 Å². The molecule has 5 rings (SSSR count). The first-order valence-corrected chi connectivity index (χ1v) is 10.3. The molecule has 4 heterocycles. The van der Waals surface area contributed by atoms with Gasteiger partial charge >= 0.3 is 0 Å². The number of thiophene rings is 1. The molecule has 6 nitrogen and oxygen atoms in total. The molecule has 0 radical (unpaired) electrons. The van der Waals surface area contributed by atoms with Crippen molar-refractivity contribution in [2.45, 2.75) is 19.3 Å². The van der Waals surface area contributed by atoms with Crippen molar-refractivity contribution in [2.24, 2.45) is 0 Å². The number of thiazole rings is 1. The minimum atomic E-state index is -0.252. The Labute approximate surface area is 163 Å². The van der Waals surface area contributed by atoms with E-state index in [1.54, 1.807) is 6.20 Å². The van der Waals surface area contributed by atoms with Crippen LogP contribution in [0.4, 0.5) is 10.8 Å². The second kappa shape index (κ2) is 6.40. The molecule has 1 amide bonds. The van der Waals surface area contributed by atoms with Crippen molar-refractivity contribution in [3.8, 4) is 11.4 Å². The van der Waals surface area contributed by atoms with E-state index in [9.17, 15) is 4.79 Å². The molecular weight excluding hydrogens is 378 g/mol. The number of aromatic nitrogens is 3. The summed E-state index contributed by atoms with van der Waals surface area (Å²) < 4.78 is 0. The van der Waals surface area contributed by atoms with Gasteiger partial charge in [-0.15, -0.1) is 22.7 Å². The average Bonchev–Trinajstić information content (AvgIpc) is 3.40. The van der Waals surface area contributed by atoms with E-state index >= 15 is 0 Å². The summed E-state index contributed by atoms with van der Waals surface area (Å²) in [5.74, 6) is -0.252. The third kappa shape index (κ3) is 2.87. The van der Waals surface area contributed by atoms with Crippen LogP contribution < -0.4 is 11.1 Å². The topological polar surface area (TPSA) is 93.8 Å². The summed E-state index contributed by atoms with van der Waals surface area (Å²) in [6, 6.07) is 7.74. The lowest BCUT2D eigenvalue weighted by atomic mass is 10.1. The van der Waals surface area contributed by atoms with Gasteiger partial charge in [0.25, 0.3) is 5.91 Å². The van der Waals surface area contributed by atoms with Gasteiger partial charge in [-0.1, -0.05) is 6.07 Å². The van der Waals surface area contributed by atoms with Crippen molar-refractivity contribution in [1.29, 1.82) is 0 Å². The van der Waals surface area contributed by atoms with Crippen molar-refractivity contribution in [3.63, 3.8) is 0 Å². The zero-order chi connectivity index (χ0) is 18.4. The SMILES string of the molecule is Nc1c(C(=O)Nc2nc(-c3ccccn3)cs2)sc2nc3c(cc12)CCC3. The summed E-state index contributed by atoms with van der Waals surface area (Å²) in [6.45, 7) is 0. The van der Waals surface area contributed by atoms with Crippen LogP contribution in [0.15, 0.2) is 35.8 Å². The lowest BCUT2D eigenvalue weighted by molar-refractivity contribution is 0.103. The molecule has 0 saturated heterocycles. The molecular formula is C19H15N5OS2. The lowest BCUT2D eigenvalue weighted by Gasteiger charge is -2.00. The number of nitrogen functional groups attached to an aromatic ring is 1. The van der Waals surface area contributed by atoms with Gasteiger partial charge in [-0.05, 0) is 43.0 Å². The predicted molar refractivity (Wildman–Crippen MR) is 109 cm³/mol. The number of fused-ring (bicyclic) bond motifs is 2. The highest BCUT2D eigenvalue weighted by Crippen LogP contribution is 2.36. The Morgan fingerprint density at radius 1 is 1.19 bits per heavy atom. The van der Waals surface area contributed by atoms with Crippen LogP contribution >= 0.6 is 22.7 Å². The van der Waals surface area contributed by atoms with E-state index in [0.717, 1.165) is 46.6 Å². The fraction of sp³-hybridized carbons (Fsp3) is 0.158. The molecule has 0 unspecified atom stereocenters. The number of carbonyl (C=O) groups is 1. The summed E-state index contributed by atoms with van der Waals surface area (Å²) in [5.41, 5.74) is 10.7. The van der Waals surface area contributed by atoms with E-state index in [1.807, 2.05) is 23.6 Å². The van der Waals surface area contributed by atoms with E-state index in [-0.39, 0.29) is 5.91 Å². The van der Waals surface area contributed by atoms with Gasteiger partial charge in [-0.25, -0.2) is 9.97 Å². The van der Waals surface area contributed by atoms with Gasteiger partial charge < -0.3 is 5.73 Å². The average molecular weight is 393 g/mol. The predicted octanol–water partition coefficient (Wildman–Crippen LogP) is 4.14. The number of anilines is 2. The van der Waals surface area contributed by atoms with Gasteiger partial charge in [0.2, 0.25) is 0 Å². The highest BCUT2D eigenvalue weighted by molar-refractivity contribution is 7.21. The Kier molecular flexibility index (Phi) is 3.87. The van der Waals surface area contributed by atoms with Gasteiger partial charge in [0.15, 0.2) is 5.13 Å². The standard InChI is InChI=1S/C19H15N5OS2/c20-15-11-8-10-4-3-6-12(10)22-18(11)27-16(15)17(25)24-19-23-14(9-26-19)13-5-1-2-7-21-13/h1-2,5,7-9H,3-4,6,20H2,(H,23,24,25). The molecule has 1 aliphatic rings. The molecule has 0 atom stereocenters. The Morgan fingerprint density at radius 3 is 2.96 bits per heavy atom. The monoisotopic (exact) mass is 393 g/mol. The summed E-state index contributed by atoms with van der Waals surface area (Å²) in [5, 5.41) is 6.12. The highest BCUT2D eigenvalue weighted by Gasteiger charge is 2.21. The number of carbonyl (C=O) groups excluding carboxylic acids is 1. The third-order valence-corrected chi connectivity index (χ3v) is 6.48. The summed E-state index contributed by atoms with van der Waals surface area (Å²) in [4.78, 5) is 27.5. The van der Waals surface area contributed by atoms with E-state index in [4.69, 9.17) is 10.7 Å². The van der Waals surface area contributed by atoms with Crippen LogP contribution in [0.1, 0.15) is 27.3 Å². The van der Waals surface area contributed by atoms with Gasteiger partial charge in [0, 0.05) is 22.7 Å². The van der Waals surface area contributed by atoms with E-state index < -0.39 is 0 Å². The van der Waals surface area contributed by atoms with Crippen LogP contribution in [0.3, 0.4) is 0 Å². The first-order valence-electron chi connectivity index (χ1n) is 8.58. The summed E-state index contributed by atoms with van der Waals surface area (Å²) in [7, 11) is 0. The van der Waals surface area contributed by atoms with Crippen molar-refractivity contribution >= 4 is 49.6 Å². The number of pyridine rings is 2. The first kappa shape index (κ1) is 16.3. The maximum Gasteiger partial charge on any atom is 0.269 e. The van der Waals surface area contributed by atoms with Gasteiger partial charge in [0.05, 0.1) is 11.4 Å². The molecule has 0 aliphatic heterocycles. The zero-order valence-electron chi connectivity index (χ0n) is 14.2. The second-order valence-corrected chi connectivity index (χ2v) is 8.21.